The molecule has 0 atom stereocenters. The number of aryl methyl sites for hydroxylation is 2. The quantitative estimate of drug-likeness (QED) is 0.624. The van der Waals surface area contributed by atoms with Gasteiger partial charge in [-0.25, -0.2) is 0 Å². The number of carbonyl (C=O) groups is 1. The first kappa shape index (κ1) is 13.6. The number of carbonyl (C=O) groups excluding carboxylic acids is 1. The lowest BCUT2D eigenvalue weighted by atomic mass is 10.1. The lowest BCUT2D eigenvalue weighted by Crippen LogP contribution is -2.02. The van der Waals surface area contributed by atoms with Crippen LogP contribution in [0.25, 0.3) is 10.9 Å². The van der Waals surface area contributed by atoms with Crippen molar-refractivity contribution in [2.45, 2.75) is 26.3 Å². The van der Waals surface area contributed by atoms with Crippen molar-refractivity contribution in [2.75, 3.05) is 0 Å². The largest absolute Gasteiger partial charge is 0.347 e. The molecule has 0 aliphatic heterocycles. The Labute approximate surface area is 125 Å². The summed E-state index contributed by atoms with van der Waals surface area (Å²) in [5.41, 5.74) is 3.35. The van der Waals surface area contributed by atoms with Crippen molar-refractivity contribution in [3.63, 3.8) is 0 Å². The monoisotopic (exact) mass is 277 g/mol. The van der Waals surface area contributed by atoms with Crippen molar-refractivity contribution in [2.24, 2.45) is 0 Å². The summed E-state index contributed by atoms with van der Waals surface area (Å²) in [5, 5.41) is 1.30. The molecule has 2 aromatic carbocycles. The maximum absolute atomic E-state index is 12.1. The van der Waals surface area contributed by atoms with E-state index in [9.17, 15) is 4.79 Å². The Balaban J connectivity index is 1.66. The van der Waals surface area contributed by atoms with Gasteiger partial charge in [0.15, 0.2) is 5.78 Å². The number of hydrogen-bond donors (Lipinski definition) is 0. The van der Waals surface area contributed by atoms with Crippen LogP contribution in [0.15, 0.2) is 60.8 Å². The molecule has 0 radical (unpaired) electrons. The first-order valence-electron chi connectivity index (χ1n) is 7.38. The molecule has 0 spiro atoms. The SMILES string of the molecule is Cc1cn(CCCC(=O)c2ccccc2)c2ccccc12. The Bertz CT molecular complexity index is 756. The Morgan fingerprint density at radius 3 is 2.52 bits per heavy atom. The second kappa shape index (κ2) is 5.96. The summed E-state index contributed by atoms with van der Waals surface area (Å²) >= 11 is 0. The molecule has 1 heterocycles. The summed E-state index contributed by atoms with van der Waals surface area (Å²) in [5.74, 6) is 0.226. The fourth-order valence-corrected chi connectivity index (χ4v) is 2.79. The number of ketones is 1. The number of benzene rings is 2. The molecule has 0 fully saturated rings. The van der Waals surface area contributed by atoms with Crippen molar-refractivity contribution < 1.29 is 4.79 Å². The molecule has 0 unspecified atom stereocenters. The van der Waals surface area contributed by atoms with E-state index >= 15 is 0 Å². The molecule has 2 heteroatoms. The van der Waals surface area contributed by atoms with Gasteiger partial charge in [-0.1, -0.05) is 48.5 Å². The third kappa shape index (κ3) is 2.89. The number of Topliss-reactive ketones (excluding diaryl/α,β-unsaturated/α-hetero) is 1. The molecule has 0 bridgehead atoms. The van der Waals surface area contributed by atoms with Gasteiger partial charge in [0.2, 0.25) is 0 Å². The second-order valence-electron chi connectivity index (χ2n) is 5.42. The van der Waals surface area contributed by atoms with Crippen molar-refractivity contribution in [3.8, 4) is 0 Å². The van der Waals surface area contributed by atoms with Crippen LogP contribution in [-0.4, -0.2) is 10.4 Å². The van der Waals surface area contributed by atoms with Crippen LogP contribution in [0.2, 0.25) is 0 Å². The molecule has 3 aromatic rings. The third-order valence-electron chi connectivity index (χ3n) is 3.89. The van der Waals surface area contributed by atoms with Gasteiger partial charge in [-0.3, -0.25) is 4.79 Å². The fraction of sp³-hybridized carbons (Fsp3) is 0.211. The molecule has 21 heavy (non-hydrogen) atoms. The second-order valence-corrected chi connectivity index (χ2v) is 5.42. The molecule has 0 N–H and O–H groups in total. The van der Waals surface area contributed by atoms with Crippen LogP contribution in [0.5, 0.6) is 0 Å². The van der Waals surface area contributed by atoms with E-state index in [1.165, 1.54) is 16.5 Å². The van der Waals surface area contributed by atoms with Crippen LogP contribution in [0.1, 0.15) is 28.8 Å². The van der Waals surface area contributed by atoms with Gasteiger partial charge >= 0.3 is 0 Å². The third-order valence-corrected chi connectivity index (χ3v) is 3.89. The molecular weight excluding hydrogens is 258 g/mol. The van der Waals surface area contributed by atoms with Crippen molar-refractivity contribution in [3.05, 3.63) is 71.9 Å². The lowest BCUT2D eigenvalue weighted by Gasteiger charge is -2.05. The van der Waals surface area contributed by atoms with Gasteiger partial charge in [0.1, 0.15) is 0 Å². The number of aromatic nitrogens is 1. The Kier molecular flexibility index (Phi) is 3.87. The molecule has 1 aromatic heterocycles. The van der Waals surface area contributed by atoms with E-state index in [1.54, 1.807) is 0 Å². The smallest absolute Gasteiger partial charge is 0.162 e. The summed E-state index contributed by atoms with van der Waals surface area (Å²) in [6.07, 6.45) is 3.64. The van der Waals surface area contributed by atoms with Crippen LogP contribution in [0, 0.1) is 6.92 Å². The van der Waals surface area contributed by atoms with Gasteiger partial charge in [-0.05, 0) is 25.0 Å². The van der Waals surface area contributed by atoms with Gasteiger partial charge in [-0.15, -0.1) is 0 Å². The van der Waals surface area contributed by atoms with E-state index < -0.39 is 0 Å². The Morgan fingerprint density at radius 2 is 1.71 bits per heavy atom. The zero-order valence-corrected chi connectivity index (χ0v) is 12.3. The van der Waals surface area contributed by atoms with Gasteiger partial charge in [0.25, 0.3) is 0 Å². The highest BCUT2D eigenvalue weighted by atomic mass is 16.1. The number of hydrogen-bond acceptors (Lipinski definition) is 1. The first-order chi connectivity index (χ1) is 10.3. The summed E-state index contributed by atoms with van der Waals surface area (Å²) in [6.45, 7) is 3.01. The average molecular weight is 277 g/mol. The summed E-state index contributed by atoms with van der Waals surface area (Å²) in [4.78, 5) is 12.1. The minimum atomic E-state index is 0.226. The number of para-hydroxylation sites is 1. The van der Waals surface area contributed by atoms with E-state index in [0.29, 0.717) is 6.42 Å². The molecular formula is C19H19NO. The van der Waals surface area contributed by atoms with Crippen LogP contribution in [-0.2, 0) is 6.54 Å². The maximum atomic E-state index is 12.1. The summed E-state index contributed by atoms with van der Waals surface area (Å²) in [6, 6.07) is 18.0. The molecule has 0 aliphatic carbocycles. The molecule has 2 nitrogen and oxygen atoms in total. The highest BCUT2D eigenvalue weighted by molar-refractivity contribution is 5.95. The summed E-state index contributed by atoms with van der Waals surface area (Å²) < 4.78 is 2.25. The predicted molar refractivity (Wildman–Crippen MR) is 86.7 cm³/mol. The van der Waals surface area contributed by atoms with E-state index in [-0.39, 0.29) is 5.78 Å². The molecule has 106 valence electrons. The normalized spacial score (nSPS) is 10.9. The maximum Gasteiger partial charge on any atom is 0.162 e. The van der Waals surface area contributed by atoms with E-state index in [1.807, 2.05) is 30.3 Å². The zero-order chi connectivity index (χ0) is 14.7. The summed E-state index contributed by atoms with van der Waals surface area (Å²) in [7, 11) is 0. The van der Waals surface area contributed by atoms with Gasteiger partial charge in [0, 0.05) is 35.6 Å². The fourth-order valence-electron chi connectivity index (χ4n) is 2.79. The number of rotatable bonds is 5. The Morgan fingerprint density at radius 1 is 1.00 bits per heavy atom. The lowest BCUT2D eigenvalue weighted by molar-refractivity contribution is 0.0978. The first-order valence-corrected chi connectivity index (χ1v) is 7.38. The van der Waals surface area contributed by atoms with E-state index in [0.717, 1.165) is 18.5 Å². The van der Waals surface area contributed by atoms with Crippen LogP contribution >= 0.6 is 0 Å². The van der Waals surface area contributed by atoms with Gasteiger partial charge in [0.05, 0.1) is 0 Å². The van der Waals surface area contributed by atoms with Crippen LogP contribution in [0.3, 0.4) is 0 Å². The minimum Gasteiger partial charge on any atom is -0.347 e. The standard InChI is InChI=1S/C19H19NO/c1-15-14-20(18-11-6-5-10-17(15)18)13-7-12-19(21)16-8-3-2-4-9-16/h2-6,8-11,14H,7,12-13H2,1H3. The minimum absolute atomic E-state index is 0.226. The average Bonchev–Trinajstić information content (AvgIpc) is 2.85. The van der Waals surface area contributed by atoms with Crippen molar-refractivity contribution in [1.82, 2.24) is 4.57 Å². The van der Waals surface area contributed by atoms with Gasteiger partial charge in [-0.2, -0.15) is 0 Å². The molecule has 0 aliphatic rings. The highest BCUT2D eigenvalue weighted by Gasteiger charge is 2.07. The molecule has 0 amide bonds. The number of nitrogens with zero attached hydrogens (tertiary/aromatic N) is 1. The topological polar surface area (TPSA) is 22.0 Å². The Hall–Kier alpha value is -2.35. The van der Waals surface area contributed by atoms with Crippen LogP contribution in [0.4, 0.5) is 0 Å². The van der Waals surface area contributed by atoms with E-state index in [2.05, 4.69) is 42.0 Å². The highest BCUT2D eigenvalue weighted by Crippen LogP contribution is 2.21. The molecule has 3 rings (SSSR count). The molecule has 0 saturated carbocycles. The van der Waals surface area contributed by atoms with Crippen molar-refractivity contribution >= 4 is 16.7 Å². The zero-order valence-electron chi connectivity index (χ0n) is 12.3. The van der Waals surface area contributed by atoms with Crippen LogP contribution < -0.4 is 0 Å². The molecule has 0 saturated heterocycles. The predicted octanol–water partition coefficient (Wildman–Crippen LogP) is 4.61. The van der Waals surface area contributed by atoms with Crippen molar-refractivity contribution in [1.29, 1.82) is 0 Å². The van der Waals surface area contributed by atoms with E-state index in [4.69, 9.17) is 0 Å². The van der Waals surface area contributed by atoms with Gasteiger partial charge < -0.3 is 4.57 Å². The number of fused-ring (bicyclic) bond motifs is 1.